The minimum absolute atomic E-state index is 0.0553. The van der Waals surface area contributed by atoms with Crippen molar-refractivity contribution in [3.8, 4) is 11.5 Å². The fourth-order valence-electron chi connectivity index (χ4n) is 6.09. The SMILES string of the molecule is COc1ccc(OC)c(C(=O)CSc2nnc(C34CC5CC(CC(C5)C3)C4)o2)c1. The molecule has 7 heteroatoms. The van der Waals surface area contributed by atoms with Crippen LogP contribution in [0.1, 0.15) is 54.8 Å². The van der Waals surface area contributed by atoms with Gasteiger partial charge in [0.2, 0.25) is 5.89 Å². The Morgan fingerprint density at radius 3 is 2.41 bits per heavy atom. The number of hydrogen-bond acceptors (Lipinski definition) is 7. The van der Waals surface area contributed by atoms with Gasteiger partial charge in [0.05, 0.1) is 25.5 Å². The molecule has 0 atom stereocenters. The summed E-state index contributed by atoms with van der Waals surface area (Å²) in [5, 5.41) is 9.16. The number of nitrogens with zero attached hydrogens (tertiary/aromatic N) is 2. The molecule has 0 unspecified atom stereocenters. The van der Waals surface area contributed by atoms with Crippen LogP contribution in [0, 0.1) is 17.8 Å². The molecule has 0 spiro atoms. The van der Waals surface area contributed by atoms with Crippen molar-refractivity contribution in [2.24, 2.45) is 17.8 Å². The molecule has 0 N–H and O–H groups in total. The number of ether oxygens (including phenoxy) is 2. The van der Waals surface area contributed by atoms with E-state index in [0.717, 1.165) is 23.6 Å². The van der Waals surface area contributed by atoms with Crippen LogP contribution >= 0.6 is 11.8 Å². The minimum atomic E-state index is -0.0553. The largest absolute Gasteiger partial charge is 0.497 e. The van der Waals surface area contributed by atoms with Gasteiger partial charge in [0.1, 0.15) is 11.5 Å². The molecule has 1 aromatic carbocycles. The monoisotopic (exact) mass is 414 g/mol. The van der Waals surface area contributed by atoms with E-state index in [-0.39, 0.29) is 17.0 Å². The zero-order chi connectivity index (χ0) is 20.0. The van der Waals surface area contributed by atoms with Crippen LogP contribution in [0.2, 0.25) is 0 Å². The normalized spacial score (nSPS) is 29.8. The molecule has 4 bridgehead atoms. The van der Waals surface area contributed by atoms with Crippen molar-refractivity contribution in [3.63, 3.8) is 0 Å². The van der Waals surface area contributed by atoms with E-state index in [1.165, 1.54) is 50.3 Å². The van der Waals surface area contributed by atoms with E-state index < -0.39 is 0 Å². The topological polar surface area (TPSA) is 74.5 Å². The number of ketones is 1. The first-order valence-electron chi connectivity index (χ1n) is 10.3. The maximum absolute atomic E-state index is 12.7. The summed E-state index contributed by atoms with van der Waals surface area (Å²) in [5.74, 6) is 4.60. The number of carbonyl (C=O) groups is 1. The summed E-state index contributed by atoms with van der Waals surface area (Å²) in [6.07, 6.45) is 7.70. The van der Waals surface area contributed by atoms with Crippen LogP contribution < -0.4 is 9.47 Å². The minimum Gasteiger partial charge on any atom is -0.497 e. The van der Waals surface area contributed by atoms with Gasteiger partial charge in [-0.1, -0.05) is 11.8 Å². The van der Waals surface area contributed by atoms with Gasteiger partial charge in [-0.15, -0.1) is 10.2 Å². The quantitative estimate of drug-likeness (QED) is 0.487. The molecule has 154 valence electrons. The zero-order valence-corrected chi connectivity index (χ0v) is 17.7. The highest BCUT2D eigenvalue weighted by molar-refractivity contribution is 7.99. The smallest absolute Gasteiger partial charge is 0.277 e. The van der Waals surface area contributed by atoms with Gasteiger partial charge in [-0.05, 0) is 74.5 Å². The Hall–Kier alpha value is -2.02. The van der Waals surface area contributed by atoms with Gasteiger partial charge in [0.25, 0.3) is 5.22 Å². The number of hydrogen-bond donors (Lipinski definition) is 0. The Kier molecular flexibility index (Phi) is 4.81. The van der Waals surface area contributed by atoms with Crippen molar-refractivity contribution in [1.82, 2.24) is 10.2 Å². The van der Waals surface area contributed by atoms with Crippen LogP contribution in [0.4, 0.5) is 0 Å². The number of Topliss-reactive ketones (excluding diaryl/α,β-unsaturated/α-hetero) is 1. The number of carbonyl (C=O) groups excluding carboxylic acids is 1. The third-order valence-electron chi connectivity index (χ3n) is 6.93. The summed E-state index contributed by atoms with van der Waals surface area (Å²) in [7, 11) is 3.14. The predicted molar refractivity (Wildman–Crippen MR) is 109 cm³/mol. The molecule has 2 aromatic rings. The van der Waals surface area contributed by atoms with Crippen LogP contribution in [-0.2, 0) is 5.41 Å². The van der Waals surface area contributed by atoms with Gasteiger partial charge >= 0.3 is 0 Å². The zero-order valence-electron chi connectivity index (χ0n) is 16.8. The third kappa shape index (κ3) is 3.43. The maximum Gasteiger partial charge on any atom is 0.277 e. The molecular weight excluding hydrogens is 388 g/mol. The Morgan fingerprint density at radius 1 is 1.10 bits per heavy atom. The highest BCUT2D eigenvalue weighted by Gasteiger charge is 2.54. The maximum atomic E-state index is 12.7. The third-order valence-corrected chi connectivity index (χ3v) is 7.75. The van der Waals surface area contributed by atoms with E-state index in [4.69, 9.17) is 13.9 Å². The van der Waals surface area contributed by atoms with Crippen molar-refractivity contribution < 1.29 is 18.7 Å². The fourth-order valence-corrected chi connectivity index (χ4v) is 6.74. The van der Waals surface area contributed by atoms with Crippen LogP contribution in [0.5, 0.6) is 11.5 Å². The molecule has 4 aliphatic rings. The van der Waals surface area contributed by atoms with Crippen molar-refractivity contribution in [3.05, 3.63) is 29.7 Å². The summed E-state index contributed by atoms with van der Waals surface area (Å²) >= 11 is 1.29. The van der Waals surface area contributed by atoms with Crippen molar-refractivity contribution >= 4 is 17.5 Å². The van der Waals surface area contributed by atoms with E-state index in [2.05, 4.69) is 10.2 Å². The Labute approximate surface area is 174 Å². The fraction of sp³-hybridized carbons (Fsp3) is 0.591. The number of rotatable bonds is 7. The van der Waals surface area contributed by atoms with Gasteiger partial charge in [-0.3, -0.25) is 4.79 Å². The first-order chi connectivity index (χ1) is 14.1. The lowest BCUT2D eigenvalue weighted by atomic mass is 9.49. The van der Waals surface area contributed by atoms with Crippen molar-refractivity contribution in [1.29, 1.82) is 0 Å². The van der Waals surface area contributed by atoms with Crippen LogP contribution in [0.25, 0.3) is 0 Å². The molecule has 0 saturated heterocycles. The number of thioether (sulfide) groups is 1. The predicted octanol–water partition coefficient (Wildman–Crippen LogP) is 4.53. The van der Waals surface area contributed by atoms with E-state index in [0.29, 0.717) is 22.3 Å². The molecule has 6 rings (SSSR count). The standard InChI is InChI=1S/C22H26N2O4S/c1-26-16-3-4-19(27-2)17(8-16)18(25)12-29-21-24-23-20(28-21)22-9-13-5-14(10-22)7-15(6-13)11-22/h3-4,8,13-15H,5-7,9-12H2,1-2H3. The average Bonchev–Trinajstić information content (AvgIpc) is 3.20. The highest BCUT2D eigenvalue weighted by atomic mass is 32.2. The van der Waals surface area contributed by atoms with Gasteiger partial charge in [0, 0.05) is 5.41 Å². The Bertz CT molecular complexity index is 890. The first kappa shape index (κ1) is 19.0. The lowest BCUT2D eigenvalue weighted by Gasteiger charge is -2.55. The van der Waals surface area contributed by atoms with Gasteiger partial charge in [0.15, 0.2) is 5.78 Å². The van der Waals surface area contributed by atoms with Crippen molar-refractivity contribution in [2.45, 2.75) is 49.2 Å². The van der Waals surface area contributed by atoms with E-state index in [9.17, 15) is 4.79 Å². The second kappa shape index (κ2) is 7.35. The summed E-state index contributed by atoms with van der Waals surface area (Å²) in [5.41, 5.74) is 0.584. The second-order valence-corrected chi connectivity index (χ2v) is 9.78. The van der Waals surface area contributed by atoms with E-state index in [1.807, 2.05) is 0 Å². The van der Waals surface area contributed by atoms with Gasteiger partial charge < -0.3 is 13.9 Å². The summed E-state index contributed by atoms with van der Waals surface area (Å²) in [6, 6.07) is 5.23. The molecule has 1 heterocycles. The summed E-state index contributed by atoms with van der Waals surface area (Å²) < 4.78 is 16.6. The van der Waals surface area contributed by atoms with Crippen LogP contribution in [0.15, 0.2) is 27.8 Å². The lowest BCUT2D eigenvalue weighted by Crippen LogP contribution is -2.48. The van der Waals surface area contributed by atoms with E-state index >= 15 is 0 Å². The average molecular weight is 415 g/mol. The highest BCUT2D eigenvalue weighted by Crippen LogP contribution is 2.60. The second-order valence-electron chi connectivity index (χ2n) is 8.85. The van der Waals surface area contributed by atoms with Crippen LogP contribution in [0.3, 0.4) is 0 Å². The molecule has 0 radical (unpaired) electrons. The molecule has 29 heavy (non-hydrogen) atoms. The Morgan fingerprint density at radius 2 is 1.79 bits per heavy atom. The molecule has 4 saturated carbocycles. The molecule has 4 fully saturated rings. The van der Waals surface area contributed by atoms with Gasteiger partial charge in [-0.2, -0.15) is 0 Å². The van der Waals surface area contributed by atoms with E-state index in [1.54, 1.807) is 32.4 Å². The molecule has 1 aromatic heterocycles. The molecule has 4 aliphatic carbocycles. The lowest BCUT2D eigenvalue weighted by molar-refractivity contribution is -0.0191. The number of methoxy groups -OCH3 is 2. The Balaban J connectivity index is 1.29. The number of aromatic nitrogens is 2. The van der Waals surface area contributed by atoms with Crippen molar-refractivity contribution in [2.75, 3.05) is 20.0 Å². The number of benzene rings is 1. The first-order valence-corrected chi connectivity index (χ1v) is 11.3. The van der Waals surface area contributed by atoms with Crippen LogP contribution in [-0.4, -0.2) is 36.0 Å². The molecule has 6 nitrogen and oxygen atoms in total. The van der Waals surface area contributed by atoms with Gasteiger partial charge in [-0.25, -0.2) is 0 Å². The molecular formula is C22H26N2O4S. The molecule has 0 aliphatic heterocycles. The summed E-state index contributed by atoms with van der Waals surface area (Å²) in [6.45, 7) is 0. The molecule has 0 amide bonds. The summed E-state index contributed by atoms with van der Waals surface area (Å²) in [4.78, 5) is 12.7.